The highest BCUT2D eigenvalue weighted by Crippen LogP contribution is 2.26. The molecule has 0 radical (unpaired) electrons. The Morgan fingerprint density at radius 3 is 1.77 bits per heavy atom. The standard InChI is InChI=1S/C11H12N4.C10H13N3O.C9H10ClN3.C9H12N4.C8H11N5O.CH4/c1-4-8-5-15(7(2)3)11-9(8)10(12)13-6-14-11;1-6(2)13-5-4-8-9(13)11-7(3)12-10(8)14;2*1-6(2)13-5-12-8-7(10)3-4-11-9(8)13;1-4(2)13-7-6(11-12-13)8(14)10-5(3)9-7;/h1,5-7H,2-3H3,(H2,12,13,14);4-6H,1-3H3,(H,11,12,14);3-6H,1-2H3;3-6H,1-2H3,(H2,10,11);4H,1-3H3,(H,9,10,14);1H4. The Hall–Kier alpha value is -7.99. The quantitative estimate of drug-likeness (QED) is 0.118. The maximum absolute atomic E-state index is 11.5. The molecule has 70 heavy (non-hydrogen) atoms. The van der Waals surface area contributed by atoms with Gasteiger partial charge in [-0.05, 0) is 101 Å². The minimum Gasteiger partial charge on any atom is -0.397 e. The molecule has 21 nitrogen and oxygen atoms in total. The Kier molecular flexibility index (Phi) is 17.0. The van der Waals surface area contributed by atoms with Crippen molar-refractivity contribution in [3.05, 3.63) is 105 Å². The number of H-pyrrole nitrogens is 2. The number of nitrogens with one attached hydrogen (secondary N) is 2. The number of fused-ring (bicyclic) bond motifs is 5. The third-order valence-corrected chi connectivity index (χ3v) is 10.9. The van der Waals surface area contributed by atoms with E-state index in [9.17, 15) is 9.59 Å². The first kappa shape index (κ1) is 53.0. The molecule has 22 heteroatoms. The number of anilines is 2. The van der Waals surface area contributed by atoms with Gasteiger partial charge in [-0.15, -0.1) is 11.5 Å². The molecule has 368 valence electrons. The van der Waals surface area contributed by atoms with Crippen LogP contribution in [0.5, 0.6) is 0 Å². The zero-order chi connectivity index (χ0) is 50.4. The van der Waals surface area contributed by atoms with Gasteiger partial charge in [-0.2, -0.15) is 0 Å². The predicted molar refractivity (Wildman–Crippen MR) is 279 cm³/mol. The number of rotatable bonds is 5. The lowest BCUT2D eigenvalue weighted by Gasteiger charge is -2.07. The highest BCUT2D eigenvalue weighted by Gasteiger charge is 2.15. The van der Waals surface area contributed by atoms with Crippen LogP contribution in [0.2, 0.25) is 5.02 Å². The van der Waals surface area contributed by atoms with Gasteiger partial charge in [0.15, 0.2) is 22.5 Å². The number of hydrogen-bond acceptors (Lipinski definition) is 14. The molecule has 0 saturated carbocycles. The molecule has 0 fully saturated rings. The van der Waals surface area contributed by atoms with Crippen molar-refractivity contribution in [2.75, 3.05) is 11.5 Å². The second-order valence-electron chi connectivity index (χ2n) is 17.3. The fraction of sp³-hybridized carbons (Fsp3) is 0.375. The molecule has 0 aromatic carbocycles. The summed E-state index contributed by atoms with van der Waals surface area (Å²) >= 11 is 5.96. The van der Waals surface area contributed by atoms with Gasteiger partial charge >= 0.3 is 0 Å². The van der Waals surface area contributed by atoms with Gasteiger partial charge in [0.2, 0.25) is 0 Å². The van der Waals surface area contributed by atoms with Crippen LogP contribution in [0.1, 0.15) is 124 Å². The van der Waals surface area contributed by atoms with Crippen LogP contribution in [0, 0.1) is 26.2 Å². The minimum atomic E-state index is -0.237. The Labute approximate surface area is 409 Å². The first-order valence-electron chi connectivity index (χ1n) is 22.2. The third-order valence-electron chi connectivity index (χ3n) is 10.6. The SMILES string of the molecule is C.C#Cc1cn(C(C)C)c2ncnc(N)c12.CC(C)n1cnc2c(Cl)ccnc21.CC(C)n1cnc2c(N)ccnc21.Cc1nc2c(ccn2C(C)C)c(=O)[nH]1.Cc1nc2c(nnn2C(C)C)c(=O)[nH]1. The summed E-state index contributed by atoms with van der Waals surface area (Å²) in [6.07, 6.45) is 17.6. The Morgan fingerprint density at radius 2 is 1.19 bits per heavy atom. The highest BCUT2D eigenvalue weighted by molar-refractivity contribution is 6.34. The van der Waals surface area contributed by atoms with Gasteiger partial charge < -0.3 is 39.7 Å². The van der Waals surface area contributed by atoms with Crippen LogP contribution in [0.4, 0.5) is 11.5 Å². The average molecular weight is 973 g/mol. The van der Waals surface area contributed by atoms with Crippen molar-refractivity contribution in [2.24, 2.45) is 0 Å². The number of terminal acetylenes is 1. The first-order chi connectivity index (χ1) is 32.7. The lowest BCUT2D eigenvalue weighted by Crippen LogP contribution is -2.11. The fourth-order valence-corrected chi connectivity index (χ4v) is 7.28. The van der Waals surface area contributed by atoms with Crippen molar-refractivity contribution >= 4 is 78.7 Å². The van der Waals surface area contributed by atoms with E-state index >= 15 is 0 Å². The van der Waals surface area contributed by atoms with E-state index in [0.29, 0.717) is 68.9 Å². The van der Waals surface area contributed by atoms with Crippen LogP contribution >= 0.6 is 11.6 Å². The largest absolute Gasteiger partial charge is 0.397 e. The van der Waals surface area contributed by atoms with Crippen LogP contribution in [-0.2, 0) is 0 Å². The number of pyridine rings is 2. The zero-order valence-corrected chi connectivity index (χ0v) is 41.6. The first-order valence-corrected chi connectivity index (χ1v) is 22.6. The summed E-state index contributed by atoms with van der Waals surface area (Å²) < 4.78 is 9.64. The number of hydrogen-bond donors (Lipinski definition) is 4. The maximum Gasteiger partial charge on any atom is 0.281 e. The Morgan fingerprint density at radius 1 is 0.629 bits per heavy atom. The fourth-order valence-electron chi connectivity index (χ4n) is 7.09. The Balaban J connectivity index is 0.000000163. The van der Waals surface area contributed by atoms with Crippen LogP contribution in [0.15, 0.2) is 71.6 Å². The molecule has 0 bridgehead atoms. The van der Waals surface area contributed by atoms with Crippen molar-refractivity contribution in [1.82, 2.24) is 83.1 Å². The summed E-state index contributed by atoms with van der Waals surface area (Å²) in [5, 5.41) is 9.75. The van der Waals surface area contributed by atoms with E-state index in [1.165, 1.54) is 6.33 Å². The summed E-state index contributed by atoms with van der Waals surface area (Å²) in [4.78, 5) is 61.8. The predicted octanol–water partition coefficient (Wildman–Crippen LogP) is 8.49. The molecule has 0 aliphatic heterocycles. The van der Waals surface area contributed by atoms with Crippen LogP contribution in [-0.4, -0.2) is 83.1 Å². The van der Waals surface area contributed by atoms with E-state index in [1.54, 1.807) is 61.8 Å². The van der Waals surface area contributed by atoms with Crippen molar-refractivity contribution in [3.63, 3.8) is 0 Å². The van der Waals surface area contributed by atoms with Gasteiger partial charge in [0, 0.05) is 49.0 Å². The van der Waals surface area contributed by atoms with Crippen LogP contribution < -0.4 is 22.6 Å². The number of halogens is 1. The summed E-state index contributed by atoms with van der Waals surface area (Å²) in [6.45, 7) is 24.1. The molecule has 0 unspecified atom stereocenters. The van der Waals surface area contributed by atoms with Crippen molar-refractivity contribution < 1.29 is 0 Å². The molecule has 0 saturated heterocycles. The van der Waals surface area contributed by atoms with Gasteiger partial charge in [-0.1, -0.05) is 30.2 Å². The van der Waals surface area contributed by atoms with E-state index in [0.717, 1.165) is 44.6 Å². The molecule has 0 amide bonds. The topological polar surface area (TPSA) is 271 Å². The van der Waals surface area contributed by atoms with E-state index in [1.807, 2.05) is 44.5 Å². The van der Waals surface area contributed by atoms with Crippen molar-refractivity contribution in [1.29, 1.82) is 0 Å². The van der Waals surface area contributed by atoms with Crippen molar-refractivity contribution in [3.8, 4) is 12.3 Å². The van der Waals surface area contributed by atoms with Crippen molar-refractivity contribution in [2.45, 2.75) is 121 Å². The van der Waals surface area contributed by atoms with Gasteiger partial charge in [-0.3, -0.25) is 9.59 Å². The van der Waals surface area contributed by atoms with E-state index < -0.39 is 0 Å². The number of aromatic amines is 2. The van der Waals surface area contributed by atoms with Gasteiger partial charge in [0.05, 0.1) is 45.7 Å². The lowest BCUT2D eigenvalue weighted by atomic mass is 10.2. The molecule has 10 aromatic rings. The van der Waals surface area contributed by atoms with Gasteiger partial charge in [-0.25, -0.2) is 44.6 Å². The van der Waals surface area contributed by atoms with E-state index in [4.69, 9.17) is 29.5 Å². The lowest BCUT2D eigenvalue weighted by molar-refractivity contribution is 0.526. The number of nitrogen functional groups attached to an aromatic ring is 2. The summed E-state index contributed by atoms with van der Waals surface area (Å²) in [5.74, 6) is 4.27. The van der Waals surface area contributed by atoms with E-state index in [2.05, 4.69) is 121 Å². The molecule has 0 atom stereocenters. The molecule has 10 aromatic heterocycles. The Bertz CT molecular complexity index is 3360. The molecule has 0 aliphatic carbocycles. The van der Waals surface area contributed by atoms with Gasteiger partial charge in [0.1, 0.15) is 46.1 Å². The summed E-state index contributed by atoms with van der Waals surface area (Å²) in [7, 11) is 0. The number of nitrogens with two attached hydrogens (primary N) is 2. The average Bonchev–Trinajstić information content (AvgIpc) is 4.13. The molecule has 10 rings (SSSR count). The molecule has 6 N–H and O–H groups in total. The summed E-state index contributed by atoms with van der Waals surface area (Å²) in [5.41, 5.74) is 18.3. The maximum atomic E-state index is 11.5. The zero-order valence-electron chi connectivity index (χ0n) is 40.8. The molecular formula is C48H62ClN19O2. The number of imidazole rings is 2. The number of aryl methyl sites for hydroxylation is 2. The van der Waals surface area contributed by atoms with Gasteiger partial charge in [0.25, 0.3) is 11.1 Å². The monoisotopic (exact) mass is 972 g/mol. The highest BCUT2D eigenvalue weighted by atomic mass is 35.5. The second kappa shape index (κ2) is 22.4. The number of nitrogens with zero attached hydrogens (tertiary/aromatic N) is 15. The molecule has 0 aliphatic rings. The van der Waals surface area contributed by atoms with Crippen LogP contribution in [0.3, 0.4) is 0 Å². The normalized spacial score (nSPS) is 11.1. The minimum absolute atomic E-state index is 0. The second-order valence-corrected chi connectivity index (χ2v) is 17.7. The molecular weight excluding hydrogens is 910 g/mol. The smallest absolute Gasteiger partial charge is 0.281 e. The third kappa shape index (κ3) is 11.3. The van der Waals surface area contributed by atoms with E-state index in [-0.39, 0.29) is 24.6 Å². The molecule has 10 heterocycles. The molecule has 0 spiro atoms. The number of aromatic nitrogens is 17. The van der Waals surface area contributed by atoms with Crippen LogP contribution in [0.25, 0.3) is 55.6 Å². The summed E-state index contributed by atoms with van der Waals surface area (Å²) in [6, 6.07) is 6.80.